The maximum absolute atomic E-state index is 12.4. The number of benzene rings is 2. The second-order valence-electron chi connectivity index (χ2n) is 6.31. The summed E-state index contributed by atoms with van der Waals surface area (Å²) in [4.78, 5) is 12.2. The highest BCUT2D eigenvalue weighted by atomic mass is 32.2. The molecule has 2 aromatic carbocycles. The molecule has 0 spiro atoms. The molecule has 0 saturated heterocycles. The van der Waals surface area contributed by atoms with Gasteiger partial charge < -0.3 is 0 Å². The first-order chi connectivity index (χ1) is 11.5. The van der Waals surface area contributed by atoms with Crippen molar-refractivity contribution in [2.75, 3.05) is 4.72 Å². The average Bonchev–Trinajstić information content (AvgIpc) is 2.56. The molecular weight excluding hydrogens is 322 g/mol. The molecule has 0 heterocycles. The van der Waals surface area contributed by atoms with Crippen LogP contribution >= 0.6 is 0 Å². The van der Waals surface area contributed by atoms with Crippen molar-refractivity contribution in [2.24, 2.45) is 0 Å². The molecule has 0 radical (unpaired) electrons. The summed E-state index contributed by atoms with van der Waals surface area (Å²) < 4.78 is 27.4. The van der Waals surface area contributed by atoms with Crippen LogP contribution in [0.25, 0.3) is 0 Å². The molecule has 1 unspecified atom stereocenters. The van der Waals surface area contributed by atoms with Crippen molar-refractivity contribution in [2.45, 2.75) is 43.4 Å². The molecule has 1 saturated carbocycles. The van der Waals surface area contributed by atoms with Crippen molar-refractivity contribution >= 4 is 21.5 Å². The van der Waals surface area contributed by atoms with Gasteiger partial charge >= 0.3 is 0 Å². The topological polar surface area (TPSA) is 63.2 Å². The summed E-state index contributed by atoms with van der Waals surface area (Å²) in [6.45, 7) is 1.91. The molecule has 3 rings (SSSR count). The number of hydrogen-bond acceptors (Lipinski definition) is 3. The molecular formula is C19H21NO3S. The Balaban J connectivity index is 1.76. The fourth-order valence-corrected chi connectivity index (χ4v) is 4.11. The fraction of sp³-hybridized carbons (Fsp3) is 0.316. The van der Waals surface area contributed by atoms with Gasteiger partial charge in [0.05, 0.1) is 4.90 Å². The minimum Gasteiger partial charge on any atom is -0.299 e. The van der Waals surface area contributed by atoms with Crippen LogP contribution in [-0.4, -0.2) is 14.2 Å². The maximum atomic E-state index is 12.4. The largest absolute Gasteiger partial charge is 0.299 e. The van der Waals surface area contributed by atoms with E-state index in [9.17, 15) is 13.2 Å². The normalized spacial score (nSPS) is 18.4. The lowest BCUT2D eigenvalue weighted by Gasteiger charge is -2.21. The fourth-order valence-electron chi connectivity index (χ4n) is 3.05. The zero-order valence-electron chi connectivity index (χ0n) is 13.7. The monoisotopic (exact) mass is 343 g/mol. The zero-order valence-corrected chi connectivity index (χ0v) is 14.5. The Morgan fingerprint density at radius 2 is 1.62 bits per heavy atom. The number of sulfonamides is 1. The Hall–Kier alpha value is -2.14. The van der Waals surface area contributed by atoms with Gasteiger partial charge in [0.1, 0.15) is 5.78 Å². The number of ketones is 1. The van der Waals surface area contributed by atoms with Crippen LogP contribution in [0.4, 0.5) is 5.69 Å². The van der Waals surface area contributed by atoms with Crippen LogP contribution < -0.4 is 4.72 Å². The third-order valence-electron chi connectivity index (χ3n) is 4.45. The van der Waals surface area contributed by atoms with E-state index in [4.69, 9.17) is 0 Å². The van der Waals surface area contributed by atoms with Crippen LogP contribution in [0.3, 0.4) is 0 Å². The van der Waals surface area contributed by atoms with Crippen molar-refractivity contribution in [1.29, 1.82) is 0 Å². The first-order valence-corrected chi connectivity index (χ1v) is 9.66. The van der Waals surface area contributed by atoms with Crippen LogP contribution in [0.1, 0.15) is 42.7 Å². The smallest absolute Gasteiger partial charge is 0.261 e. The molecule has 0 amide bonds. The highest BCUT2D eigenvalue weighted by Gasteiger charge is 2.23. The van der Waals surface area contributed by atoms with E-state index in [2.05, 4.69) is 4.72 Å². The third-order valence-corrected chi connectivity index (χ3v) is 5.85. The summed E-state index contributed by atoms with van der Waals surface area (Å²) in [6.07, 6.45) is 3.57. The number of carbonyl (C=O) groups is 1. The predicted molar refractivity (Wildman–Crippen MR) is 94.6 cm³/mol. The first kappa shape index (κ1) is 16.7. The van der Waals surface area contributed by atoms with E-state index in [1.54, 1.807) is 36.4 Å². The lowest BCUT2D eigenvalue weighted by atomic mass is 9.83. The highest BCUT2D eigenvalue weighted by molar-refractivity contribution is 7.92. The lowest BCUT2D eigenvalue weighted by Crippen LogP contribution is -2.17. The second-order valence-corrected chi connectivity index (χ2v) is 7.99. The predicted octanol–water partition coefficient (Wildman–Crippen LogP) is 4.02. The Labute approximate surface area is 143 Å². The summed E-state index contributed by atoms with van der Waals surface area (Å²) in [7, 11) is -3.60. The van der Waals surface area contributed by atoms with Crippen LogP contribution in [0.15, 0.2) is 53.4 Å². The van der Waals surface area contributed by atoms with Crippen molar-refractivity contribution in [3.8, 4) is 0 Å². The number of rotatable bonds is 4. The zero-order chi connectivity index (χ0) is 17.2. The Bertz CT molecular complexity index is 824. The number of aryl methyl sites for hydroxylation is 1. The number of nitrogens with one attached hydrogen (secondary N) is 1. The molecule has 1 aliphatic carbocycles. The molecule has 2 aromatic rings. The van der Waals surface area contributed by atoms with Gasteiger partial charge in [0, 0.05) is 18.0 Å². The van der Waals surface area contributed by atoms with Crippen molar-refractivity contribution in [3.05, 3.63) is 59.7 Å². The molecule has 1 atom stereocenters. The van der Waals surface area contributed by atoms with Crippen LogP contribution in [0.5, 0.6) is 0 Å². The van der Waals surface area contributed by atoms with Crippen LogP contribution in [-0.2, 0) is 14.8 Å². The number of carbonyl (C=O) groups excluding carboxylic acids is 1. The van der Waals surface area contributed by atoms with Crippen molar-refractivity contribution in [1.82, 2.24) is 0 Å². The summed E-state index contributed by atoms with van der Waals surface area (Å²) >= 11 is 0. The average molecular weight is 343 g/mol. The van der Waals surface area contributed by atoms with Crippen molar-refractivity contribution in [3.63, 3.8) is 0 Å². The van der Waals surface area contributed by atoms with Gasteiger partial charge in [-0.3, -0.25) is 9.52 Å². The van der Waals surface area contributed by atoms with E-state index < -0.39 is 10.0 Å². The molecule has 5 heteroatoms. The number of anilines is 1. The minimum absolute atomic E-state index is 0.0403. The van der Waals surface area contributed by atoms with E-state index in [0.29, 0.717) is 12.1 Å². The summed E-state index contributed by atoms with van der Waals surface area (Å²) in [5.74, 6) is 0.246. The van der Waals surface area contributed by atoms with Crippen LogP contribution in [0.2, 0.25) is 0 Å². The molecule has 126 valence electrons. The maximum Gasteiger partial charge on any atom is 0.261 e. The summed E-state index contributed by atoms with van der Waals surface area (Å²) in [5, 5.41) is 0. The van der Waals surface area contributed by atoms with E-state index in [1.165, 1.54) is 0 Å². The molecule has 1 fully saturated rings. The van der Waals surface area contributed by atoms with Gasteiger partial charge in [-0.2, -0.15) is 0 Å². The van der Waals surface area contributed by atoms with Crippen LogP contribution in [0, 0.1) is 6.92 Å². The highest BCUT2D eigenvalue weighted by Crippen LogP contribution is 2.30. The molecule has 1 N–H and O–H groups in total. The van der Waals surface area contributed by atoms with E-state index in [0.717, 1.165) is 30.4 Å². The molecule has 0 bridgehead atoms. The van der Waals surface area contributed by atoms with E-state index in [-0.39, 0.29) is 16.6 Å². The van der Waals surface area contributed by atoms with Gasteiger partial charge in [-0.15, -0.1) is 0 Å². The van der Waals surface area contributed by atoms with E-state index in [1.807, 2.05) is 19.1 Å². The van der Waals surface area contributed by atoms with Gasteiger partial charge in [0.25, 0.3) is 10.0 Å². The first-order valence-electron chi connectivity index (χ1n) is 8.18. The number of hydrogen-bond donors (Lipinski definition) is 1. The van der Waals surface area contributed by atoms with Gasteiger partial charge in [0.2, 0.25) is 0 Å². The Morgan fingerprint density at radius 1 is 0.958 bits per heavy atom. The standard InChI is InChI=1S/C19H21NO3S/c1-14-6-12-17(13-7-14)24(22,23)20-16-10-8-15(9-11-16)18-4-2-3-5-19(18)21/h6-13,18,20H,2-5H2,1H3. The van der Waals surface area contributed by atoms with Crippen molar-refractivity contribution < 1.29 is 13.2 Å². The third kappa shape index (κ3) is 3.67. The second kappa shape index (κ2) is 6.77. The van der Waals surface area contributed by atoms with Gasteiger partial charge in [-0.25, -0.2) is 8.42 Å². The Kier molecular flexibility index (Phi) is 4.71. The molecule has 4 nitrogen and oxygen atoms in total. The lowest BCUT2D eigenvalue weighted by molar-refractivity contribution is -0.121. The molecule has 24 heavy (non-hydrogen) atoms. The number of Topliss-reactive ketones (excluding diaryl/α,β-unsaturated/α-hetero) is 1. The van der Waals surface area contributed by atoms with Gasteiger partial charge in [-0.05, 0) is 49.6 Å². The molecule has 0 aliphatic heterocycles. The minimum atomic E-state index is -3.60. The summed E-state index contributed by atoms with van der Waals surface area (Å²) in [6, 6.07) is 13.9. The quantitative estimate of drug-likeness (QED) is 0.912. The van der Waals surface area contributed by atoms with Gasteiger partial charge in [0.15, 0.2) is 0 Å². The molecule has 0 aromatic heterocycles. The SMILES string of the molecule is Cc1ccc(S(=O)(=O)Nc2ccc(C3CCCCC3=O)cc2)cc1. The van der Waals surface area contributed by atoms with E-state index >= 15 is 0 Å². The van der Waals surface area contributed by atoms with Gasteiger partial charge in [-0.1, -0.05) is 36.2 Å². The Morgan fingerprint density at radius 3 is 2.25 bits per heavy atom. The molecule has 1 aliphatic rings. The summed E-state index contributed by atoms with van der Waals surface area (Å²) in [5.41, 5.74) is 2.48.